The minimum absolute atomic E-state index is 0.130. The number of benzene rings is 3. The number of halogens is 2. The molecule has 1 N–H and O–H groups in total. The Kier molecular flexibility index (Phi) is 5.94. The zero-order valence-corrected chi connectivity index (χ0v) is 20.0. The van der Waals surface area contributed by atoms with E-state index < -0.39 is 6.04 Å². The second-order valence-electron chi connectivity index (χ2n) is 7.95. The highest BCUT2D eigenvalue weighted by Crippen LogP contribution is 2.44. The van der Waals surface area contributed by atoms with Gasteiger partial charge in [-0.2, -0.15) is 5.10 Å². The molecule has 1 aliphatic heterocycles. The van der Waals surface area contributed by atoms with Crippen LogP contribution in [0.2, 0.25) is 10.0 Å². The van der Waals surface area contributed by atoms with E-state index in [1.165, 1.54) is 0 Å². The number of amides is 1. The molecule has 0 fully saturated rings. The molecule has 0 saturated carbocycles. The quantitative estimate of drug-likeness (QED) is 0.349. The number of aromatic nitrogens is 2. The molecule has 0 radical (unpaired) electrons. The number of hydrogen-bond donors (Lipinski definition) is 1. The Morgan fingerprint density at radius 3 is 2.18 bits per heavy atom. The van der Waals surface area contributed by atoms with E-state index in [4.69, 9.17) is 32.7 Å². The predicted octanol–water partition coefficient (Wildman–Crippen LogP) is 6.15. The average molecular weight is 494 g/mol. The first-order valence-corrected chi connectivity index (χ1v) is 11.4. The number of aromatic amines is 1. The minimum Gasteiger partial charge on any atom is -0.497 e. The monoisotopic (exact) mass is 493 g/mol. The molecule has 8 heteroatoms. The van der Waals surface area contributed by atoms with Crippen LogP contribution in [0.15, 0.2) is 66.7 Å². The number of nitrogens with one attached hydrogen (secondary N) is 1. The van der Waals surface area contributed by atoms with Crippen LogP contribution in [-0.2, 0) is 6.54 Å². The standard InChI is InChI=1S/C26H21Cl2N3O3/c1-33-18-8-3-15(4-9-18)14-31-25(17-7-12-20(27)21(28)13-17)22-23(29-30-24(22)26(31)32)16-5-10-19(34-2)11-6-16/h3-13,25H,14H2,1-2H3,(H,29,30). The van der Waals surface area contributed by atoms with E-state index in [0.717, 1.165) is 33.8 Å². The maximum Gasteiger partial charge on any atom is 0.273 e. The van der Waals surface area contributed by atoms with E-state index in [1.54, 1.807) is 20.3 Å². The number of nitrogens with zero attached hydrogens (tertiary/aromatic N) is 2. The van der Waals surface area contributed by atoms with Crippen LogP contribution in [0.25, 0.3) is 11.3 Å². The largest absolute Gasteiger partial charge is 0.497 e. The van der Waals surface area contributed by atoms with Gasteiger partial charge in [-0.05, 0) is 59.7 Å². The highest BCUT2D eigenvalue weighted by molar-refractivity contribution is 6.42. The molecule has 2 heterocycles. The molecule has 6 nitrogen and oxygen atoms in total. The van der Waals surface area contributed by atoms with Gasteiger partial charge in [0, 0.05) is 17.7 Å². The number of hydrogen-bond acceptors (Lipinski definition) is 4. The van der Waals surface area contributed by atoms with Crippen LogP contribution in [0.1, 0.15) is 33.2 Å². The van der Waals surface area contributed by atoms with Crippen LogP contribution in [0.4, 0.5) is 0 Å². The summed E-state index contributed by atoms with van der Waals surface area (Å²) in [4.78, 5) is 15.4. The number of ether oxygens (including phenoxy) is 2. The lowest BCUT2D eigenvalue weighted by Crippen LogP contribution is -2.29. The lowest BCUT2D eigenvalue weighted by atomic mass is 9.96. The van der Waals surface area contributed by atoms with E-state index in [2.05, 4.69) is 10.2 Å². The first-order valence-electron chi connectivity index (χ1n) is 10.6. The zero-order chi connectivity index (χ0) is 23.8. The summed E-state index contributed by atoms with van der Waals surface area (Å²) < 4.78 is 10.5. The molecule has 0 saturated heterocycles. The average Bonchev–Trinajstić information content (AvgIpc) is 3.40. The number of carbonyl (C=O) groups excluding carboxylic acids is 1. The Morgan fingerprint density at radius 2 is 1.56 bits per heavy atom. The number of fused-ring (bicyclic) bond motifs is 1. The second kappa shape index (κ2) is 9.05. The normalized spacial score (nSPS) is 14.9. The van der Waals surface area contributed by atoms with Crippen LogP contribution in [-0.4, -0.2) is 35.2 Å². The topological polar surface area (TPSA) is 67.5 Å². The van der Waals surface area contributed by atoms with Crippen molar-refractivity contribution < 1.29 is 14.3 Å². The molecule has 1 aliphatic rings. The molecule has 0 bridgehead atoms. The van der Waals surface area contributed by atoms with Crippen molar-refractivity contribution in [1.82, 2.24) is 15.1 Å². The third-order valence-corrected chi connectivity index (χ3v) is 6.74. The molecule has 1 atom stereocenters. The summed E-state index contributed by atoms with van der Waals surface area (Å²) in [6.07, 6.45) is 0. The third kappa shape index (κ3) is 3.89. The fourth-order valence-corrected chi connectivity index (χ4v) is 4.59. The summed E-state index contributed by atoms with van der Waals surface area (Å²) in [5.74, 6) is 1.37. The summed E-state index contributed by atoms with van der Waals surface area (Å²) in [5.41, 5.74) is 4.69. The Bertz CT molecular complexity index is 1350. The SMILES string of the molecule is COc1ccc(CN2C(=O)c3[nH]nc(-c4ccc(OC)cc4)c3C2c2ccc(Cl)c(Cl)c2)cc1. The van der Waals surface area contributed by atoms with Gasteiger partial charge in [-0.25, -0.2) is 0 Å². The van der Waals surface area contributed by atoms with Crippen LogP contribution in [0.3, 0.4) is 0 Å². The first-order chi connectivity index (χ1) is 16.5. The predicted molar refractivity (Wildman–Crippen MR) is 132 cm³/mol. The van der Waals surface area contributed by atoms with E-state index in [0.29, 0.717) is 28.0 Å². The minimum atomic E-state index is -0.393. The zero-order valence-electron chi connectivity index (χ0n) is 18.5. The van der Waals surface area contributed by atoms with Gasteiger partial charge in [0.25, 0.3) is 5.91 Å². The van der Waals surface area contributed by atoms with Crippen molar-refractivity contribution in [3.63, 3.8) is 0 Å². The van der Waals surface area contributed by atoms with Crippen LogP contribution >= 0.6 is 23.2 Å². The summed E-state index contributed by atoms with van der Waals surface area (Å²) >= 11 is 12.6. The third-order valence-electron chi connectivity index (χ3n) is 6.00. The highest BCUT2D eigenvalue weighted by Gasteiger charge is 2.42. The molecule has 1 aromatic heterocycles. The molecule has 0 aliphatic carbocycles. The molecule has 172 valence electrons. The van der Waals surface area contributed by atoms with Crippen LogP contribution in [0, 0.1) is 0 Å². The van der Waals surface area contributed by atoms with Crippen molar-refractivity contribution in [2.45, 2.75) is 12.6 Å². The van der Waals surface area contributed by atoms with Crippen molar-refractivity contribution >= 4 is 29.1 Å². The molecule has 4 aromatic rings. The number of H-pyrrole nitrogens is 1. The lowest BCUT2D eigenvalue weighted by molar-refractivity contribution is 0.0730. The van der Waals surface area contributed by atoms with Crippen molar-refractivity contribution in [3.8, 4) is 22.8 Å². The smallest absolute Gasteiger partial charge is 0.273 e. The Balaban J connectivity index is 1.61. The summed E-state index contributed by atoms with van der Waals surface area (Å²) in [5, 5.41) is 8.36. The summed E-state index contributed by atoms with van der Waals surface area (Å²) in [6.45, 7) is 0.401. The molecule has 1 amide bonds. The van der Waals surface area contributed by atoms with E-state index in [9.17, 15) is 4.79 Å². The fourth-order valence-electron chi connectivity index (χ4n) is 4.29. The summed E-state index contributed by atoms with van der Waals surface area (Å²) in [7, 11) is 3.25. The fraction of sp³-hybridized carbons (Fsp3) is 0.154. The summed E-state index contributed by atoms with van der Waals surface area (Å²) in [6, 6.07) is 20.3. The van der Waals surface area contributed by atoms with Gasteiger partial charge in [-0.3, -0.25) is 9.89 Å². The van der Waals surface area contributed by atoms with Crippen LogP contribution < -0.4 is 9.47 Å². The maximum atomic E-state index is 13.6. The number of rotatable bonds is 6. The second-order valence-corrected chi connectivity index (χ2v) is 8.76. The van der Waals surface area contributed by atoms with Crippen molar-refractivity contribution in [3.05, 3.63) is 99.2 Å². The molecule has 1 unspecified atom stereocenters. The highest BCUT2D eigenvalue weighted by atomic mass is 35.5. The van der Waals surface area contributed by atoms with Gasteiger partial charge in [-0.1, -0.05) is 41.4 Å². The van der Waals surface area contributed by atoms with Crippen molar-refractivity contribution in [1.29, 1.82) is 0 Å². The first kappa shape index (κ1) is 22.3. The molecular weight excluding hydrogens is 473 g/mol. The molecule has 34 heavy (non-hydrogen) atoms. The van der Waals surface area contributed by atoms with Crippen molar-refractivity contribution in [2.24, 2.45) is 0 Å². The molecule has 3 aromatic carbocycles. The van der Waals surface area contributed by atoms with Gasteiger partial charge in [0.2, 0.25) is 0 Å². The van der Waals surface area contributed by atoms with Gasteiger partial charge in [0.1, 0.15) is 17.2 Å². The lowest BCUT2D eigenvalue weighted by Gasteiger charge is -2.27. The molecule has 0 spiro atoms. The van der Waals surface area contributed by atoms with Gasteiger partial charge < -0.3 is 14.4 Å². The van der Waals surface area contributed by atoms with E-state index in [1.807, 2.05) is 65.6 Å². The maximum absolute atomic E-state index is 13.6. The van der Waals surface area contributed by atoms with Gasteiger partial charge in [-0.15, -0.1) is 0 Å². The van der Waals surface area contributed by atoms with Gasteiger partial charge >= 0.3 is 0 Å². The number of methoxy groups -OCH3 is 2. The van der Waals surface area contributed by atoms with Gasteiger partial charge in [0.15, 0.2) is 0 Å². The Morgan fingerprint density at radius 1 is 0.912 bits per heavy atom. The van der Waals surface area contributed by atoms with E-state index >= 15 is 0 Å². The van der Waals surface area contributed by atoms with Crippen LogP contribution in [0.5, 0.6) is 11.5 Å². The number of carbonyl (C=O) groups is 1. The van der Waals surface area contributed by atoms with E-state index in [-0.39, 0.29) is 5.91 Å². The van der Waals surface area contributed by atoms with Crippen molar-refractivity contribution in [2.75, 3.05) is 14.2 Å². The Labute approximate surface area is 207 Å². The Hall–Kier alpha value is -3.48. The molecule has 5 rings (SSSR count). The van der Waals surface area contributed by atoms with Gasteiger partial charge in [0.05, 0.1) is 36.0 Å². The molecular formula is C26H21Cl2N3O3.